The number of nitro benzene ring substituents is 1. The van der Waals surface area contributed by atoms with Gasteiger partial charge in [0.2, 0.25) is 5.91 Å². The Bertz CT molecular complexity index is 971. The minimum absolute atomic E-state index is 0.0627. The van der Waals surface area contributed by atoms with Crippen molar-refractivity contribution >= 4 is 50.6 Å². The second-order valence-corrected chi connectivity index (χ2v) is 7.45. The highest BCUT2D eigenvalue weighted by Crippen LogP contribution is 2.34. The van der Waals surface area contributed by atoms with Crippen LogP contribution in [-0.4, -0.2) is 26.6 Å². The Hall–Kier alpha value is -2.52. The van der Waals surface area contributed by atoms with Gasteiger partial charge >= 0.3 is 0 Å². The van der Waals surface area contributed by atoms with Crippen molar-refractivity contribution in [2.45, 2.75) is 18.9 Å². The number of aryl methyl sites for hydroxylation is 2. The number of nitrogens with zero attached hydrogens (tertiary/aromatic N) is 3. The Morgan fingerprint density at radius 2 is 2.16 bits per heavy atom. The lowest BCUT2D eigenvalue weighted by atomic mass is 10.2. The van der Waals surface area contributed by atoms with Crippen LogP contribution < -0.4 is 5.32 Å². The molecular weight excluding hydrogens is 360 g/mol. The molecule has 0 radical (unpaired) electrons. The van der Waals surface area contributed by atoms with Crippen molar-refractivity contribution in [1.29, 1.82) is 0 Å². The average molecular weight is 374 g/mol. The number of non-ortho nitro benzene ring substituents is 1. The molecule has 1 N–H and O–H groups in total. The van der Waals surface area contributed by atoms with E-state index in [4.69, 9.17) is 0 Å². The number of nitrogens with one attached hydrogen (secondary N) is 1. The number of fused-ring (bicyclic) bond motifs is 1. The first kappa shape index (κ1) is 17.3. The van der Waals surface area contributed by atoms with E-state index in [9.17, 15) is 14.9 Å². The minimum Gasteiger partial charge on any atom is -0.325 e. The van der Waals surface area contributed by atoms with Gasteiger partial charge in [-0.1, -0.05) is 17.8 Å². The standard InChI is InChI=1S/C16H14N4O3S2/c1-9-10(2)25-16-14(9)15(17-8-18-16)24-7-13(21)19-11-4-3-5-12(6-11)20(22)23/h3-6,8H,7H2,1-2H3,(H,19,21). The highest BCUT2D eigenvalue weighted by molar-refractivity contribution is 8.00. The Morgan fingerprint density at radius 1 is 1.36 bits per heavy atom. The molecule has 2 aromatic heterocycles. The van der Waals surface area contributed by atoms with Crippen molar-refractivity contribution in [3.05, 3.63) is 51.1 Å². The van der Waals surface area contributed by atoms with Gasteiger partial charge in [-0.3, -0.25) is 14.9 Å². The van der Waals surface area contributed by atoms with Crippen LogP contribution in [-0.2, 0) is 4.79 Å². The van der Waals surface area contributed by atoms with Gasteiger partial charge in [-0.25, -0.2) is 9.97 Å². The van der Waals surface area contributed by atoms with Gasteiger partial charge in [0.25, 0.3) is 5.69 Å². The largest absolute Gasteiger partial charge is 0.325 e. The van der Waals surface area contributed by atoms with E-state index in [2.05, 4.69) is 15.3 Å². The van der Waals surface area contributed by atoms with Crippen LogP contribution in [0.15, 0.2) is 35.6 Å². The van der Waals surface area contributed by atoms with E-state index in [-0.39, 0.29) is 17.3 Å². The Kier molecular flexibility index (Phi) is 4.95. The highest BCUT2D eigenvalue weighted by atomic mass is 32.2. The maximum absolute atomic E-state index is 12.2. The number of nitro groups is 1. The zero-order valence-electron chi connectivity index (χ0n) is 13.5. The molecule has 0 saturated carbocycles. The normalized spacial score (nSPS) is 10.8. The number of thioether (sulfide) groups is 1. The van der Waals surface area contributed by atoms with Crippen molar-refractivity contribution in [3.8, 4) is 0 Å². The lowest BCUT2D eigenvalue weighted by Gasteiger charge is -2.06. The van der Waals surface area contributed by atoms with Gasteiger partial charge in [-0.15, -0.1) is 11.3 Å². The minimum atomic E-state index is -0.496. The topological polar surface area (TPSA) is 98.0 Å². The van der Waals surface area contributed by atoms with Gasteiger partial charge in [-0.2, -0.15) is 0 Å². The molecular formula is C16H14N4O3S2. The number of rotatable bonds is 5. The molecule has 0 saturated heterocycles. The molecule has 1 aromatic carbocycles. The fourth-order valence-corrected chi connectivity index (χ4v) is 4.20. The number of benzene rings is 1. The second kappa shape index (κ2) is 7.16. The zero-order chi connectivity index (χ0) is 18.0. The van der Waals surface area contributed by atoms with Crippen LogP contribution in [0.25, 0.3) is 10.2 Å². The van der Waals surface area contributed by atoms with Gasteiger partial charge in [0, 0.05) is 28.1 Å². The molecule has 0 fully saturated rings. The molecule has 1 amide bonds. The molecule has 0 atom stereocenters. The van der Waals surface area contributed by atoms with E-state index in [0.717, 1.165) is 20.8 Å². The summed E-state index contributed by atoms with van der Waals surface area (Å²) in [4.78, 5) is 33.1. The van der Waals surface area contributed by atoms with Crippen molar-refractivity contribution in [3.63, 3.8) is 0 Å². The molecule has 0 bridgehead atoms. The third kappa shape index (κ3) is 3.77. The molecule has 2 heterocycles. The molecule has 0 spiro atoms. The zero-order valence-corrected chi connectivity index (χ0v) is 15.1. The molecule has 0 unspecified atom stereocenters. The van der Waals surface area contributed by atoms with E-state index in [1.54, 1.807) is 17.4 Å². The molecule has 0 aliphatic rings. The molecule has 0 aliphatic heterocycles. The predicted octanol–water partition coefficient (Wildman–Crippen LogP) is 3.95. The summed E-state index contributed by atoms with van der Waals surface area (Å²) >= 11 is 2.93. The van der Waals surface area contributed by atoms with Gasteiger partial charge in [0.15, 0.2) is 0 Å². The summed E-state index contributed by atoms with van der Waals surface area (Å²) in [5.74, 6) is -0.0924. The van der Waals surface area contributed by atoms with E-state index >= 15 is 0 Å². The van der Waals surface area contributed by atoms with Gasteiger partial charge < -0.3 is 5.32 Å². The van der Waals surface area contributed by atoms with Crippen LogP contribution >= 0.6 is 23.1 Å². The van der Waals surface area contributed by atoms with E-state index in [1.165, 1.54) is 41.2 Å². The summed E-state index contributed by atoms with van der Waals surface area (Å²) in [6, 6.07) is 5.86. The van der Waals surface area contributed by atoms with Crippen molar-refractivity contribution in [2.75, 3.05) is 11.1 Å². The first-order valence-corrected chi connectivity index (χ1v) is 9.13. The number of amides is 1. The quantitative estimate of drug-likeness (QED) is 0.314. The van der Waals surface area contributed by atoms with Crippen LogP contribution in [0.5, 0.6) is 0 Å². The van der Waals surface area contributed by atoms with Crippen LogP contribution in [0.1, 0.15) is 10.4 Å². The van der Waals surface area contributed by atoms with Gasteiger partial charge in [-0.05, 0) is 25.5 Å². The maximum atomic E-state index is 12.2. The van der Waals surface area contributed by atoms with E-state index < -0.39 is 4.92 Å². The SMILES string of the molecule is Cc1sc2ncnc(SCC(=O)Nc3cccc([N+](=O)[O-])c3)c2c1C. The Labute approximate surface area is 151 Å². The number of thiophene rings is 1. The number of carbonyl (C=O) groups is 1. The highest BCUT2D eigenvalue weighted by Gasteiger charge is 2.14. The first-order valence-electron chi connectivity index (χ1n) is 7.33. The summed E-state index contributed by atoms with van der Waals surface area (Å²) in [7, 11) is 0. The first-order chi connectivity index (χ1) is 12.0. The summed E-state index contributed by atoms with van der Waals surface area (Å²) in [5.41, 5.74) is 1.46. The average Bonchev–Trinajstić information content (AvgIpc) is 2.88. The summed E-state index contributed by atoms with van der Waals surface area (Å²) < 4.78 is 0. The third-order valence-electron chi connectivity index (χ3n) is 3.61. The smallest absolute Gasteiger partial charge is 0.271 e. The van der Waals surface area contributed by atoms with Crippen molar-refractivity contribution < 1.29 is 9.72 Å². The van der Waals surface area contributed by atoms with Crippen molar-refractivity contribution in [2.24, 2.45) is 0 Å². The number of aromatic nitrogens is 2. The molecule has 3 rings (SSSR count). The predicted molar refractivity (Wildman–Crippen MR) is 99.3 cm³/mol. The summed E-state index contributed by atoms with van der Waals surface area (Å²) in [6.45, 7) is 4.05. The molecule has 0 aliphatic carbocycles. The van der Waals surface area contributed by atoms with E-state index in [0.29, 0.717) is 5.69 Å². The second-order valence-electron chi connectivity index (χ2n) is 5.29. The van der Waals surface area contributed by atoms with Crippen LogP contribution in [0.3, 0.4) is 0 Å². The fourth-order valence-electron chi connectivity index (χ4n) is 2.29. The molecule has 7 nitrogen and oxygen atoms in total. The molecule has 25 heavy (non-hydrogen) atoms. The fraction of sp³-hybridized carbons (Fsp3) is 0.188. The number of hydrogen-bond donors (Lipinski definition) is 1. The van der Waals surface area contributed by atoms with Gasteiger partial charge in [0.05, 0.1) is 10.7 Å². The lowest BCUT2D eigenvalue weighted by Crippen LogP contribution is -2.14. The molecule has 9 heteroatoms. The summed E-state index contributed by atoms with van der Waals surface area (Å²) in [5, 5.41) is 15.2. The van der Waals surface area contributed by atoms with Crippen molar-refractivity contribution in [1.82, 2.24) is 9.97 Å². The summed E-state index contributed by atoms with van der Waals surface area (Å²) in [6.07, 6.45) is 1.50. The Morgan fingerprint density at radius 3 is 2.92 bits per heavy atom. The lowest BCUT2D eigenvalue weighted by molar-refractivity contribution is -0.384. The maximum Gasteiger partial charge on any atom is 0.271 e. The number of carbonyl (C=O) groups excluding carboxylic acids is 1. The number of anilines is 1. The molecule has 3 aromatic rings. The molecule has 128 valence electrons. The monoisotopic (exact) mass is 374 g/mol. The van der Waals surface area contributed by atoms with Crippen LogP contribution in [0, 0.1) is 24.0 Å². The third-order valence-corrected chi connectivity index (χ3v) is 5.72. The Balaban J connectivity index is 1.71. The van der Waals surface area contributed by atoms with Gasteiger partial charge in [0.1, 0.15) is 16.2 Å². The van der Waals surface area contributed by atoms with Crippen LogP contribution in [0.2, 0.25) is 0 Å². The number of hydrogen-bond acceptors (Lipinski definition) is 7. The van der Waals surface area contributed by atoms with E-state index in [1.807, 2.05) is 13.8 Å². The van der Waals surface area contributed by atoms with Crippen LogP contribution in [0.4, 0.5) is 11.4 Å².